The fourth-order valence-electron chi connectivity index (χ4n) is 2.91. The summed E-state index contributed by atoms with van der Waals surface area (Å²) in [5, 5.41) is -0.0281. The van der Waals surface area contributed by atoms with Crippen molar-refractivity contribution in [2.75, 3.05) is 11.5 Å². The predicted molar refractivity (Wildman–Crippen MR) is 56.8 cm³/mol. The van der Waals surface area contributed by atoms with Crippen molar-refractivity contribution in [2.24, 2.45) is 17.8 Å². The van der Waals surface area contributed by atoms with E-state index < -0.39 is 9.84 Å². The van der Waals surface area contributed by atoms with E-state index in [1.54, 1.807) is 0 Å². The molecule has 2 aliphatic rings. The SMILES string of the molecule is CC1CS(=O)(=O)C2CC(CS)CC12. The topological polar surface area (TPSA) is 34.1 Å². The Kier molecular flexibility index (Phi) is 2.39. The van der Waals surface area contributed by atoms with Gasteiger partial charge in [-0.25, -0.2) is 8.42 Å². The average Bonchev–Trinajstić information content (AvgIpc) is 2.53. The van der Waals surface area contributed by atoms with Crippen LogP contribution < -0.4 is 0 Å². The van der Waals surface area contributed by atoms with Crippen LogP contribution in [0, 0.1) is 17.8 Å². The molecule has 4 unspecified atom stereocenters. The monoisotopic (exact) mass is 220 g/mol. The molecule has 2 fully saturated rings. The van der Waals surface area contributed by atoms with Crippen LogP contribution in [0.5, 0.6) is 0 Å². The Morgan fingerprint density at radius 1 is 1.38 bits per heavy atom. The Morgan fingerprint density at radius 3 is 2.62 bits per heavy atom. The van der Waals surface area contributed by atoms with Gasteiger partial charge in [-0.05, 0) is 36.3 Å². The van der Waals surface area contributed by atoms with Gasteiger partial charge in [0.2, 0.25) is 0 Å². The van der Waals surface area contributed by atoms with E-state index in [-0.39, 0.29) is 5.25 Å². The van der Waals surface area contributed by atoms with Gasteiger partial charge in [0.25, 0.3) is 0 Å². The van der Waals surface area contributed by atoms with Gasteiger partial charge >= 0.3 is 0 Å². The lowest BCUT2D eigenvalue weighted by Gasteiger charge is -2.10. The number of rotatable bonds is 1. The third-order valence-electron chi connectivity index (χ3n) is 3.59. The van der Waals surface area contributed by atoms with Gasteiger partial charge < -0.3 is 0 Å². The molecule has 1 saturated carbocycles. The Balaban J connectivity index is 2.23. The number of sulfone groups is 1. The molecule has 1 saturated heterocycles. The summed E-state index contributed by atoms with van der Waals surface area (Å²) in [6.07, 6.45) is 1.94. The highest BCUT2D eigenvalue weighted by molar-refractivity contribution is 7.92. The molecule has 0 spiro atoms. The lowest BCUT2D eigenvalue weighted by molar-refractivity contribution is 0.415. The van der Waals surface area contributed by atoms with Crippen molar-refractivity contribution in [3.8, 4) is 0 Å². The Bertz CT molecular complexity index is 297. The molecule has 0 bridgehead atoms. The van der Waals surface area contributed by atoms with Gasteiger partial charge in [-0.1, -0.05) is 6.92 Å². The van der Waals surface area contributed by atoms with Crippen LogP contribution >= 0.6 is 12.6 Å². The largest absolute Gasteiger partial charge is 0.229 e. The molecule has 0 N–H and O–H groups in total. The quantitative estimate of drug-likeness (QED) is 0.677. The van der Waals surface area contributed by atoms with Crippen molar-refractivity contribution in [2.45, 2.75) is 25.0 Å². The Labute approximate surface area is 85.4 Å². The van der Waals surface area contributed by atoms with E-state index in [9.17, 15) is 8.42 Å². The van der Waals surface area contributed by atoms with Gasteiger partial charge in [0.15, 0.2) is 9.84 Å². The second-order valence-corrected chi connectivity index (χ2v) is 7.16. The average molecular weight is 220 g/mol. The summed E-state index contributed by atoms with van der Waals surface area (Å²) in [6.45, 7) is 2.07. The first-order valence-electron chi connectivity index (χ1n) is 4.87. The summed E-state index contributed by atoms with van der Waals surface area (Å²) < 4.78 is 23.4. The van der Waals surface area contributed by atoms with Gasteiger partial charge in [-0.2, -0.15) is 12.6 Å². The molecule has 1 heterocycles. The summed E-state index contributed by atoms with van der Waals surface area (Å²) in [7, 11) is -2.75. The number of hydrogen-bond donors (Lipinski definition) is 1. The van der Waals surface area contributed by atoms with Gasteiger partial charge in [0.1, 0.15) is 0 Å². The fraction of sp³-hybridized carbons (Fsp3) is 1.00. The summed E-state index contributed by atoms with van der Waals surface area (Å²) in [5.74, 6) is 2.61. The van der Waals surface area contributed by atoms with Gasteiger partial charge in [0.05, 0.1) is 11.0 Å². The number of fused-ring (bicyclic) bond motifs is 1. The van der Waals surface area contributed by atoms with Crippen molar-refractivity contribution in [1.29, 1.82) is 0 Å². The third-order valence-corrected chi connectivity index (χ3v) is 6.57. The maximum atomic E-state index is 11.7. The molecule has 2 nitrogen and oxygen atoms in total. The molecule has 76 valence electrons. The van der Waals surface area contributed by atoms with Crippen molar-refractivity contribution in [3.05, 3.63) is 0 Å². The standard InChI is InChI=1S/C9H16O2S2/c1-6-5-13(10,11)9-3-7(4-12)2-8(6)9/h6-9,12H,2-5H2,1H3. The highest BCUT2D eigenvalue weighted by Gasteiger charge is 2.50. The van der Waals surface area contributed by atoms with Crippen LogP contribution in [-0.4, -0.2) is 25.2 Å². The molecule has 4 heteroatoms. The molecule has 1 aliphatic heterocycles. The highest BCUT2D eigenvalue weighted by atomic mass is 32.2. The number of hydrogen-bond acceptors (Lipinski definition) is 3. The lowest BCUT2D eigenvalue weighted by atomic mass is 9.94. The zero-order chi connectivity index (χ0) is 9.64. The summed E-state index contributed by atoms with van der Waals surface area (Å²) in [6, 6.07) is 0. The molecule has 0 aromatic heterocycles. The molecule has 2 rings (SSSR count). The van der Waals surface area contributed by atoms with Crippen molar-refractivity contribution >= 4 is 22.5 Å². The molecule has 0 amide bonds. The van der Waals surface area contributed by atoms with Crippen molar-refractivity contribution in [1.82, 2.24) is 0 Å². The minimum atomic E-state index is -2.75. The second-order valence-electron chi connectivity index (χ2n) is 4.53. The summed E-state index contributed by atoms with van der Waals surface area (Å²) >= 11 is 4.25. The fourth-order valence-corrected chi connectivity index (χ4v) is 5.91. The predicted octanol–water partition coefficient (Wildman–Crippen LogP) is 1.38. The summed E-state index contributed by atoms with van der Waals surface area (Å²) in [5.41, 5.74) is 0. The maximum Gasteiger partial charge on any atom is 0.153 e. The van der Waals surface area contributed by atoms with Gasteiger partial charge in [-0.15, -0.1) is 0 Å². The summed E-state index contributed by atoms with van der Waals surface area (Å²) in [4.78, 5) is 0. The van der Waals surface area contributed by atoms with Crippen LogP contribution in [0.25, 0.3) is 0 Å². The zero-order valence-corrected chi connectivity index (χ0v) is 9.52. The van der Waals surface area contributed by atoms with Crippen LogP contribution in [0.1, 0.15) is 19.8 Å². The Morgan fingerprint density at radius 2 is 2.08 bits per heavy atom. The third kappa shape index (κ3) is 1.52. The first-order valence-corrected chi connectivity index (χ1v) is 7.22. The van der Waals surface area contributed by atoms with E-state index in [1.807, 2.05) is 0 Å². The number of thiol groups is 1. The minimum Gasteiger partial charge on any atom is -0.229 e. The van der Waals surface area contributed by atoms with Crippen LogP contribution in [0.4, 0.5) is 0 Å². The van der Waals surface area contributed by atoms with Crippen LogP contribution in [0.15, 0.2) is 0 Å². The van der Waals surface area contributed by atoms with E-state index in [4.69, 9.17) is 0 Å². The molecular formula is C9H16O2S2. The molecule has 4 atom stereocenters. The van der Waals surface area contributed by atoms with E-state index in [2.05, 4.69) is 19.6 Å². The Hall–Kier alpha value is 0.300. The minimum absolute atomic E-state index is 0.0281. The van der Waals surface area contributed by atoms with Crippen LogP contribution in [0.2, 0.25) is 0 Å². The van der Waals surface area contributed by atoms with E-state index >= 15 is 0 Å². The van der Waals surface area contributed by atoms with E-state index in [1.165, 1.54) is 0 Å². The molecule has 0 radical (unpaired) electrons. The van der Waals surface area contributed by atoms with E-state index in [0.29, 0.717) is 23.5 Å². The first kappa shape index (κ1) is 9.84. The molecule has 13 heavy (non-hydrogen) atoms. The second kappa shape index (κ2) is 3.16. The normalized spacial score (nSPS) is 47.8. The lowest BCUT2D eigenvalue weighted by Crippen LogP contribution is -2.17. The molecular weight excluding hydrogens is 204 g/mol. The van der Waals surface area contributed by atoms with Gasteiger partial charge in [-0.3, -0.25) is 0 Å². The van der Waals surface area contributed by atoms with Crippen LogP contribution in [0.3, 0.4) is 0 Å². The van der Waals surface area contributed by atoms with Crippen LogP contribution in [-0.2, 0) is 9.84 Å². The smallest absolute Gasteiger partial charge is 0.153 e. The molecule has 1 aliphatic carbocycles. The first-order chi connectivity index (χ1) is 6.04. The van der Waals surface area contributed by atoms with Gasteiger partial charge in [0, 0.05) is 0 Å². The van der Waals surface area contributed by atoms with E-state index in [0.717, 1.165) is 18.6 Å². The molecule has 0 aromatic rings. The zero-order valence-electron chi connectivity index (χ0n) is 7.81. The maximum absolute atomic E-state index is 11.7. The van der Waals surface area contributed by atoms with Crippen molar-refractivity contribution in [3.63, 3.8) is 0 Å². The van der Waals surface area contributed by atoms with Crippen molar-refractivity contribution < 1.29 is 8.42 Å². The highest BCUT2D eigenvalue weighted by Crippen LogP contribution is 2.46. The molecule has 0 aromatic carbocycles.